The average molecular weight is 302 g/mol. The van der Waals surface area contributed by atoms with Crippen LogP contribution in [0.3, 0.4) is 0 Å². The second kappa shape index (κ2) is 6.67. The molecule has 2 rings (SSSR count). The largest absolute Gasteiger partial charge is 0.351 e. The molecule has 0 aliphatic rings. The van der Waals surface area contributed by atoms with Crippen LogP contribution in [0.4, 0.5) is 0 Å². The Balaban J connectivity index is 1.93. The zero-order valence-electron chi connectivity index (χ0n) is 12.3. The first kappa shape index (κ1) is 15.4. The maximum absolute atomic E-state index is 11.7. The molecular formula is C15H18N4OS. The van der Waals surface area contributed by atoms with E-state index in [9.17, 15) is 4.79 Å². The molecule has 2 aromatic rings. The van der Waals surface area contributed by atoms with E-state index in [0.29, 0.717) is 5.75 Å². The predicted octanol–water partition coefficient (Wildman–Crippen LogP) is 2.55. The molecule has 0 aliphatic carbocycles. The van der Waals surface area contributed by atoms with Gasteiger partial charge in [0.1, 0.15) is 5.03 Å². The molecule has 5 nitrogen and oxygen atoms in total. The fraction of sp³-hybridized carbons (Fsp3) is 0.333. The number of nitrogens with zero attached hydrogens (tertiary/aromatic N) is 3. The molecule has 1 N–H and O–H groups in total. The highest BCUT2D eigenvalue weighted by Gasteiger charge is 2.14. The minimum Gasteiger partial charge on any atom is -0.351 e. The average Bonchev–Trinajstić information content (AvgIpc) is 2.45. The lowest BCUT2D eigenvalue weighted by molar-refractivity contribution is -0.119. The highest BCUT2D eigenvalue weighted by Crippen LogP contribution is 2.18. The number of nitrogens with one attached hydrogen (secondary N) is 1. The van der Waals surface area contributed by atoms with Crippen molar-refractivity contribution in [1.82, 2.24) is 20.5 Å². The van der Waals surface area contributed by atoms with Crippen molar-refractivity contribution in [1.29, 1.82) is 0 Å². The summed E-state index contributed by atoms with van der Waals surface area (Å²) in [5.41, 5.74) is 1.48. The van der Waals surface area contributed by atoms with Crippen molar-refractivity contribution in [2.75, 3.05) is 5.75 Å². The summed E-state index contributed by atoms with van der Waals surface area (Å²) in [6.45, 7) is 5.87. The van der Waals surface area contributed by atoms with Gasteiger partial charge in [0.05, 0.1) is 11.4 Å². The second-order valence-electron chi connectivity index (χ2n) is 5.59. The lowest BCUT2D eigenvalue weighted by Crippen LogP contribution is -2.41. The minimum atomic E-state index is -0.215. The van der Waals surface area contributed by atoms with E-state index in [0.717, 1.165) is 16.3 Å². The normalized spacial score (nSPS) is 11.2. The number of hydrogen-bond acceptors (Lipinski definition) is 5. The van der Waals surface area contributed by atoms with Gasteiger partial charge < -0.3 is 5.32 Å². The molecule has 21 heavy (non-hydrogen) atoms. The SMILES string of the molecule is CC(C)(C)NC(=O)CSc1ccc(-c2cccnc2)nn1. The summed E-state index contributed by atoms with van der Waals surface area (Å²) in [4.78, 5) is 15.8. The first-order valence-electron chi connectivity index (χ1n) is 6.62. The third-order valence-corrected chi connectivity index (χ3v) is 3.38. The molecule has 0 bridgehead atoms. The van der Waals surface area contributed by atoms with Gasteiger partial charge in [-0.1, -0.05) is 11.8 Å². The molecule has 0 radical (unpaired) electrons. The molecule has 6 heteroatoms. The Hall–Kier alpha value is -1.95. The Kier molecular flexibility index (Phi) is 4.90. The van der Waals surface area contributed by atoms with Gasteiger partial charge in [0.25, 0.3) is 0 Å². The Labute approximate surface area is 128 Å². The molecule has 0 saturated carbocycles. The summed E-state index contributed by atoms with van der Waals surface area (Å²) in [6, 6.07) is 7.54. The molecule has 0 saturated heterocycles. The van der Waals surface area contributed by atoms with Crippen LogP contribution in [0.1, 0.15) is 20.8 Å². The topological polar surface area (TPSA) is 67.8 Å². The van der Waals surface area contributed by atoms with Crippen LogP contribution in [-0.2, 0) is 4.79 Å². The standard InChI is InChI=1S/C15H18N4OS/c1-15(2,3)17-13(20)10-21-14-7-6-12(18-19-14)11-5-4-8-16-9-11/h4-9H,10H2,1-3H3,(H,17,20). The zero-order valence-corrected chi connectivity index (χ0v) is 13.1. The van der Waals surface area contributed by atoms with Crippen molar-refractivity contribution in [3.8, 4) is 11.3 Å². The van der Waals surface area contributed by atoms with Gasteiger partial charge in [0, 0.05) is 23.5 Å². The van der Waals surface area contributed by atoms with E-state index < -0.39 is 0 Å². The first-order valence-corrected chi connectivity index (χ1v) is 7.60. The summed E-state index contributed by atoms with van der Waals surface area (Å²) in [7, 11) is 0. The molecule has 0 atom stereocenters. The Morgan fingerprint density at radius 3 is 2.62 bits per heavy atom. The molecule has 0 fully saturated rings. The van der Waals surface area contributed by atoms with E-state index in [1.165, 1.54) is 11.8 Å². The summed E-state index contributed by atoms with van der Waals surface area (Å²) in [5, 5.41) is 11.9. The van der Waals surface area contributed by atoms with Crippen LogP contribution in [0.15, 0.2) is 41.7 Å². The van der Waals surface area contributed by atoms with Gasteiger partial charge in [0.15, 0.2) is 0 Å². The van der Waals surface area contributed by atoms with E-state index in [-0.39, 0.29) is 11.4 Å². The van der Waals surface area contributed by atoms with Crippen LogP contribution in [0.25, 0.3) is 11.3 Å². The molecule has 2 heterocycles. The zero-order chi connectivity index (χ0) is 15.3. The highest BCUT2D eigenvalue weighted by molar-refractivity contribution is 7.99. The summed E-state index contributed by atoms with van der Waals surface area (Å²) in [6.07, 6.45) is 3.46. The van der Waals surface area contributed by atoms with Crippen LogP contribution >= 0.6 is 11.8 Å². The molecule has 2 aromatic heterocycles. The van der Waals surface area contributed by atoms with Gasteiger partial charge in [-0.05, 0) is 45.0 Å². The van der Waals surface area contributed by atoms with Crippen LogP contribution in [-0.4, -0.2) is 32.4 Å². The van der Waals surface area contributed by atoms with Gasteiger partial charge in [-0.2, -0.15) is 0 Å². The molecule has 1 amide bonds. The number of hydrogen-bond donors (Lipinski definition) is 1. The van der Waals surface area contributed by atoms with Crippen LogP contribution in [0.5, 0.6) is 0 Å². The number of pyridine rings is 1. The minimum absolute atomic E-state index is 0.00867. The van der Waals surface area contributed by atoms with Crippen molar-refractivity contribution in [3.63, 3.8) is 0 Å². The van der Waals surface area contributed by atoms with Crippen LogP contribution in [0.2, 0.25) is 0 Å². The maximum Gasteiger partial charge on any atom is 0.230 e. The lowest BCUT2D eigenvalue weighted by atomic mass is 10.1. The lowest BCUT2D eigenvalue weighted by Gasteiger charge is -2.20. The van der Waals surface area contributed by atoms with Crippen molar-refractivity contribution in [2.45, 2.75) is 31.3 Å². The molecule has 0 aromatic carbocycles. The smallest absolute Gasteiger partial charge is 0.230 e. The second-order valence-corrected chi connectivity index (χ2v) is 6.58. The Bertz CT molecular complexity index is 593. The van der Waals surface area contributed by atoms with Crippen LogP contribution in [0, 0.1) is 0 Å². The summed E-state index contributed by atoms with van der Waals surface area (Å²) >= 11 is 1.37. The molecule has 0 spiro atoms. The highest BCUT2D eigenvalue weighted by atomic mass is 32.2. The third-order valence-electron chi connectivity index (χ3n) is 2.46. The molecular weight excluding hydrogens is 284 g/mol. The number of thioether (sulfide) groups is 1. The van der Waals surface area contributed by atoms with Crippen molar-refractivity contribution >= 4 is 17.7 Å². The van der Waals surface area contributed by atoms with Gasteiger partial charge in [-0.15, -0.1) is 10.2 Å². The predicted molar refractivity (Wildman–Crippen MR) is 83.9 cm³/mol. The third kappa shape index (κ3) is 5.15. The van der Waals surface area contributed by atoms with Crippen LogP contribution < -0.4 is 5.32 Å². The number of rotatable bonds is 4. The Morgan fingerprint density at radius 2 is 2.05 bits per heavy atom. The van der Waals surface area contributed by atoms with Crippen molar-refractivity contribution in [3.05, 3.63) is 36.7 Å². The summed E-state index contributed by atoms with van der Waals surface area (Å²) < 4.78 is 0. The number of carbonyl (C=O) groups excluding carboxylic acids is 1. The van der Waals surface area contributed by atoms with E-state index in [4.69, 9.17) is 0 Å². The summed E-state index contributed by atoms with van der Waals surface area (Å²) in [5.74, 6) is 0.323. The Morgan fingerprint density at radius 1 is 1.24 bits per heavy atom. The quantitative estimate of drug-likeness (QED) is 0.879. The first-order chi connectivity index (χ1) is 9.94. The maximum atomic E-state index is 11.7. The van der Waals surface area contributed by atoms with Gasteiger partial charge in [-0.3, -0.25) is 9.78 Å². The molecule has 0 unspecified atom stereocenters. The molecule has 110 valence electrons. The number of aromatic nitrogens is 3. The molecule has 0 aliphatic heterocycles. The number of carbonyl (C=O) groups is 1. The van der Waals surface area contributed by atoms with E-state index in [1.54, 1.807) is 12.4 Å². The van der Waals surface area contributed by atoms with E-state index >= 15 is 0 Å². The van der Waals surface area contributed by atoms with Gasteiger partial charge in [0.2, 0.25) is 5.91 Å². The van der Waals surface area contributed by atoms with E-state index in [2.05, 4.69) is 20.5 Å². The van der Waals surface area contributed by atoms with Gasteiger partial charge in [-0.25, -0.2) is 0 Å². The van der Waals surface area contributed by atoms with Crippen molar-refractivity contribution in [2.24, 2.45) is 0 Å². The monoisotopic (exact) mass is 302 g/mol. The van der Waals surface area contributed by atoms with Crippen molar-refractivity contribution < 1.29 is 4.79 Å². The fourth-order valence-electron chi connectivity index (χ4n) is 1.66. The fourth-order valence-corrected chi connectivity index (χ4v) is 2.27. The van der Waals surface area contributed by atoms with E-state index in [1.807, 2.05) is 45.0 Å². The number of amides is 1. The van der Waals surface area contributed by atoms with Gasteiger partial charge >= 0.3 is 0 Å².